The third-order valence-corrected chi connectivity index (χ3v) is 1.73. The zero-order chi connectivity index (χ0) is 5.70. The van der Waals surface area contributed by atoms with Crippen molar-refractivity contribution >= 4 is 6.71 Å². The second kappa shape index (κ2) is 7.66. The van der Waals surface area contributed by atoms with Crippen LogP contribution in [0.25, 0.3) is 0 Å². The molecule has 1 radical (unpaired) electrons. The summed E-state index contributed by atoms with van der Waals surface area (Å²) in [6.45, 7) is 7.77. The molecule has 2 heteroatoms. The maximum Gasteiger partial charge on any atom is 1.00 e. The van der Waals surface area contributed by atoms with Gasteiger partial charge in [-0.3, -0.25) is 0 Å². The van der Waals surface area contributed by atoms with E-state index in [1.807, 2.05) is 0 Å². The fraction of sp³-hybridized carbons (Fsp3) is 1.00. The van der Waals surface area contributed by atoms with Crippen LogP contribution in [0, 0.1) is 0 Å². The Morgan fingerprint density at radius 2 is 1.12 bits per heavy atom. The molecular formula is C6H15BLi. The molecule has 0 unspecified atom stereocenters. The van der Waals surface area contributed by atoms with Crippen LogP contribution in [-0.4, -0.2) is 6.71 Å². The van der Waals surface area contributed by atoms with E-state index < -0.39 is 0 Å². The van der Waals surface area contributed by atoms with Crippen molar-refractivity contribution in [3.63, 3.8) is 0 Å². The van der Waals surface area contributed by atoms with E-state index in [2.05, 4.69) is 20.8 Å². The van der Waals surface area contributed by atoms with Gasteiger partial charge in [0.05, 0.1) is 0 Å². The van der Waals surface area contributed by atoms with Crippen LogP contribution >= 0.6 is 0 Å². The minimum Gasteiger partial charge on any atom is -0.211 e. The molecule has 0 bridgehead atoms. The largest absolute Gasteiger partial charge is 1.00 e. The Morgan fingerprint density at radius 3 is 1.12 bits per heavy atom. The molecule has 8 heavy (non-hydrogen) atoms. The van der Waals surface area contributed by atoms with E-state index in [0.717, 1.165) is 6.71 Å². The Hall–Kier alpha value is 0.662. The third kappa shape index (κ3) is 4.81. The van der Waals surface area contributed by atoms with E-state index in [1.165, 1.54) is 19.0 Å². The second-order valence-corrected chi connectivity index (χ2v) is 2.09. The molecule has 0 heterocycles. The first kappa shape index (κ1) is 11.5. The normalized spacial score (nSPS) is 9.00. The van der Waals surface area contributed by atoms with Crippen LogP contribution in [0.4, 0.5) is 0 Å². The van der Waals surface area contributed by atoms with Crippen LogP contribution in [0.1, 0.15) is 20.8 Å². The van der Waals surface area contributed by atoms with Gasteiger partial charge in [-0.1, -0.05) is 20.8 Å². The minimum absolute atomic E-state index is 0. The Labute approximate surface area is 65.7 Å². The van der Waals surface area contributed by atoms with Gasteiger partial charge in [-0.15, -0.1) is 6.71 Å². The zero-order valence-electron chi connectivity index (χ0n) is 6.70. The zero-order valence-corrected chi connectivity index (χ0v) is 6.70. The van der Waals surface area contributed by atoms with Gasteiger partial charge in [0.1, 0.15) is 0 Å². The SMILES string of the molecule is CC[B-](CC)CC.[Li+]. The van der Waals surface area contributed by atoms with Crippen LogP contribution in [0.15, 0.2) is 0 Å². The Bertz CT molecular complexity index is 30.0. The van der Waals surface area contributed by atoms with Crippen LogP contribution in [-0.2, 0) is 0 Å². The summed E-state index contributed by atoms with van der Waals surface area (Å²) in [5, 5.41) is 0. The van der Waals surface area contributed by atoms with Crippen LogP contribution in [0.5, 0.6) is 0 Å². The van der Waals surface area contributed by atoms with Crippen molar-refractivity contribution in [2.24, 2.45) is 0 Å². The number of hydrogen-bond donors (Lipinski definition) is 0. The fourth-order valence-electron chi connectivity index (χ4n) is 0.866. The molecule has 0 aliphatic rings. The van der Waals surface area contributed by atoms with Crippen LogP contribution in [0.2, 0.25) is 19.0 Å². The van der Waals surface area contributed by atoms with Crippen molar-refractivity contribution in [2.75, 3.05) is 0 Å². The van der Waals surface area contributed by atoms with E-state index in [9.17, 15) is 0 Å². The molecule has 0 aromatic heterocycles. The quantitative estimate of drug-likeness (QED) is 0.426. The van der Waals surface area contributed by atoms with Gasteiger partial charge < -0.3 is 0 Å². The van der Waals surface area contributed by atoms with E-state index in [4.69, 9.17) is 0 Å². The van der Waals surface area contributed by atoms with Crippen molar-refractivity contribution in [1.82, 2.24) is 0 Å². The van der Waals surface area contributed by atoms with Gasteiger partial charge in [0.15, 0.2) is 0 Å². The Balaban J connectivity index is 0. The maximum atomic E-state index is 2.26. The average Bonchev–Trinajstić information content (AvgIpc) is 1.72. The van der Waals surface area contributed by atoms with Crippen molar-refractivity contribution in [3.05, 3.63) is 0 Å². The molecule has 0 aromatic rings. The summed E-state index contributed by atoms with van der Waals surface area (Å²) < 4.78 is 0. The molecular weight excluding hydrogens is 89.8 g/mol. The third-order valence-electron chi connectivity index (χ3n) is 1.73. The summed E-state index contributed by atoms with van der Waals surface area (Å²) in [5.74, 6) is 0. The van der Waals surface area contributed by atoms with Crippen LogP contribution < -0.4 is 18.9 Å². The van der Waals surface area contributed by atoms with Crippen molar-refractivity contribution in [2.45, 2.75) is 39.7 Å². The smallest absolute Gasteiger partial charge is 0.211 e. The Kier molecular flexibility index (Phi) is 11.0. The summed E-state index contributed by atoms with van der Waals surface area (Å²) in [6, 6.07) is 0. The van der Waals surface area contributed by atoms with Crippen LogP contribution in [0.3, 0.4) is 0 Å². The first-order valence-corrected chi connectivity index (χ1v) is 3.35. The van der Waals surface area contributed by atoms with Gasteiger partial charge in [0.2, 0.25) is 0 Å². The molecule has 0 aliphatic heterocycles. The summed E-state index contributed by atoms with van der Waals surface area (Å²) in [7, 11) is 0. The molecule has 0 saturated carbocycles. The van der Waals surface area contributed by atoms with Crippen molar-refractivity contribution in [1.29, 1.82) is 0 Å². The standard InChI is InChI=1S/C6H15B.Li/c1-4-7(5-2)6-3;/h4-6H2,1-3H3;/q-1;+1. The van der Waals surface area contributed by atoms with Crippen molar-refractivity contribution < 1.29 is 18.9 Å². The molecule has 43 valence electrons. The molecule has 0 atom stereocenters. The maximum absolute atomic E-state index is 2.26. The van der Waals surface area contributed by atoms with Gasteiger partial charge in [0.25, 0.3) is 0 Å². The minimum atomic E-state index is 0. The predicted octanol–water partition coefficient (Wildman–Crippen LogP) is -0.455. The molecule has 0 aromatic carbocycles. The summed E-state index contributed by atoms with van der Waals surface area (Å²) in [6.07, 6.45) is 4.06. The predicted molar refractivity (Wildman–Crippen MR) is 37.2 cm³/mol. The average molecular weight is 105 g/mol. The van der Waals surface area contributed by atoms with Gasteiger partial charge in [-0.05, 0) is 0 Å². The fourth-order valence-corrected chi connectivity index (χ4v) is 0.866. The molecule has 0 saturated heterocycles. The molecule has 0 N–H and O–H groups in total. The monoisotopic (exact) mass is 105 g/mol. The van der Waals surface area contributed by atoms with Gasteiger partial charge >= 0.3 is 18.9 Å². The number of rotatable bonds is 3. The molecule has 0 nitrogen and oxygen atoms in total. The van der Waals surface area contributed by atoms with E-state index in [-0.39, 0.29) is 18.9 Å². The summed E-state index contributed by atoms with van der Waals surface area (Å²) >= 11 is 0. The van der Waals surface area contributed by atoms with Gasteiger partial charge in [-0.25, -0.2) is 19.0 Å². The van der Waals surface area contributed by atoms with E-state index in [0.29, 0.717) is 0 Å². The Morgan fingerprint density at radius 1 is 0.875 bits per heavy atom. The molecule has 0 rings (SSSR count). The summed E-state index contributed by atoms with van der Waals surface area (Å²) in [4.78, 5) is 0. The number of hydrogen-bond acceptors (Lipinski definition) is 0. The molecule has 0 amide bonds. The second-order valence-electron chi connectivity index (χ2n) is 2.09. The van der Waals surface area contributed by atoms with Crippen molar-refractivity contribution in [3.8, 4) is 0 Å². The first-order chi connectivity index (χ1) is 3.35. The van der Waals surface area contributed by atoms with Gasteiger partial charge in [-0.2, -0.15) is 0 Å². The van der Waals surface area contributed by atoms with Gasteiger partial charge in [0, 0.05) is 0 Å². The van der Waals surface area contributed by atoms with E-state index >= 15 is 0 Å². The molecule has 0 spiro atoms. The first-order valence-electron chi connectivity index (χ1n) is 3.35. The molecule has 0 aliphatic carbocycles. The topological polar surface area (TPSA) is 0 Å². The molecule has 0 fully saturated rings. The summed E-state index contributed by atoms with van der Waals surface area (Å²) in [5.41, 5.74) is 0. The van der Waals surface area contributed by atoms with E-state index in [1.54, 1.807) is 0 Å².